The highest BCUT2D eigenvalue weighted by Gasteiger charge is 2.16. The molecule has 27 heavy (non-hydrogen) atoms. The van der Waals surface area contributed by atoms with Crippen LogP contribution in [0.25, 0.3) is 10.9 Å². The van der Waals surface area contributed by atoms with Gasteiger partial charge in [0.15, 0.2) is 0 Å². The maximum Gasteiger partial charge on any atom is 0.339 e. The van der Waals surface area contributed by atoms with E-state index in [0.717, 1.165) is 12.1 Å². The van der Waals surface area contributed by atoms with Crippen LogP contribution in [0, 0.1) is 10.1 Å². The summed E-state index contributed by atoms with van der Waals surface area (Å²) in [5.74, 6) is -2.71. The lowest BCUT2D eigenvalue weighted by Crippen LogP contribution is -2.23. The summed E-state index contributed by atoms with van der Waals surface area (Å²) >= 11 is 0. The van der Waals surface area contributed by atoms with Crippen LogP contribution < -0.4 is 10.9 Å². The molecule has 2 aromatic carbocycles. The number of anilines is 1. The predicted octanol–water partition coefficient (Wildman–Crippen LogP) is 2.09. The number of nitrogens with zero attached hydrogens (tertiary/aromatic N) is 1. The molecule has 0 saturated heterocycles. The number of aromatic amines is 1. The van der Waals surface area contributed by atoms with Crippen molar-refractivity contribution < 1.29 is 24.7 Å². The van der Waals surface area contributed by atoms with Crippen LogP contribution in [0.15, 0.2) is 47.3 Å². The number of nitro groups is 1. The van der Waals surface area contributed by atoms with Gasteiger partial charge in [0.05, 0.1) is 4.92 Å². The first-order chi connectivity index (χ1) is 12.8. The van der Waals surface area contributed by atoms with Gasteiger partial charge in [0.1, 0.15) is 16.9 Å². The maximum absolute atomic E-state index is 12.4. The van der Waals surface area contributed by atoms with Gasteiger partial charge in [0, 0.05) is 34.8 Å². The van der Waals surface area contributed by atoms with Gasteiger partial charge < -0.3 is 20.5 Å². The molecule has 10 heteroatoms. The summed E-state index contributed by atoms with van der Waals surface area (Å²) < 4.78 is 0. The minimum Gasteiger partial charge on any atom is -0.507 e. The maximum atomic E-state index is 12.4. The topological polar surface area (TPSA) is 163 Å². The highest BCUT2D eigenvalue weighted by Crippen LogP contribution is 2.23. The smallest absolute Gasteiger partial charge is 0.339 e. The summed E-state index contributed by atoms with van der Waals surface area (Å²) in [5, 5.41) is 32.1. The Bertz CT molecular complexity index is 1170. The molecule has 3 aromatic rings. The van der Waals surface area contributed by atoms with Crippen LogP contribution in [0.1, 0.15) is 20.7 Å². The van der Waals surface area contributed by atoms with E-state index >= 15 is 0 Å². The Labute approximate surface area is 149 Å². The summed E-state index contributed by atoms with van der Waals surface area (Å²) in [7, 11) is 0. The molecule has 4 N–H and O–H groups in total. The molecule has 0 radical (unpaired) electrons. The van der Waals surface area contributed by atoms with Crippen molar-refractivity contribution in [3.05, 3.63) is 74.1 Å². The van der Waals surface area contributed by atoms with Crippen molar-refractivity contribution in [3.63, 3.8) is 0 Å². The van der Waals surface area contributed by atoms with E-state index in [1.54, 1.807) is 0 Å². The monoisotopic (exact) mass is 369 g/mol. The second kappa shape index (κ2) is 6.59. The number of carbonyl (C=O) groups excluding carboxylic acids is 1. The first kappa shape index (κ1) is 17.6. The summed E-state index contributed by atoms with van der Waals surface area (Å²) in [6, 6.07) is 8.39. The number of carboxylic acids is 1. The van der Waals surface area contributed by atoms with Gasteiger partial charge in [0.2, 0.25) is 0 Å². The molecule has 0 spiro atoms. The van der Waals surface area contributed by atoms with Crippen molar-refractivity contribution in [1.29, 1.82) is 0 Å². The number of nitrogens with one attached hydrogen (secondary N) is 2. The number of aromatic nitrogens is 1. The molecule has 0 unspecified atom stereocenters. The second-order valence-electron chi connectivity index (χ2n) is 5.53. The third kappa shape index (κ3) is 3.44. The van der Waals surface area contributed by atoms with Gasteiger partial charge >= 0.3 is 5.97 Å². The standard InChI is InChI=1S/C17H11N3O7/c21-14-7-9(1-3-11(14)17(24)25)18-15(22)12-6-8-5-10(20(26)27)2-4-13(8)19-16(12)23/h1-7,21H,(H,18,22)(H,19,23)(H,24,25). The van der Waals surface area contributed by atoms with Gasteiger partial charge in [-0.15, -0.1) is 0 Å². The van der Waals surface area contributed by atoms with E-state index in [4.69, 9.17) is 5.11 Å². The van der Waals surface area contributed by atoms with Crippen LogP contribution in [-0.2, 0) is 0 Å². The summed E-state index contributed by atoms with van der Waals surface area (Å²) in [5.41, 5.74) is -1.16. The zero-order valence-electron chi connectivity index (χ0n) is 13.4. The summed E-state index contributed by atoms with van der Waals surface area (Å²) in [6.07, 6.45) is 0. The lowest BCUT2D eigenvalue weighted by Gasteiger charge is -2.07. The molecule has 0 aliphatic heterocycles. The SMILES string of the molecule is O=C(O)c1ccc(NC(=O)c2cc3cc([N+](=O)[O-])ccc3[nH]c2=O)cc1O. The summed E-state index contributed by atoms with van der Waals surface area (Å²) in [4.78, 5) is 48.1. The fraction of sp³-hybridized carbons (Fsp3) is 0. The van der Waals surface area contributed by atoms with Gasteiger partial charge in [-0.1, -0.05) is 0 Å². The number of phenols is 1. The number of hydrogen-bond donors (Lipinski definition) is 4. The van der Waals surface area contributed by atoms with E-state index in [0.29, 0.717) is 5.52 Å². The van der Waals surface area contributed by atoms with E-state index in [1.165, 1.54) is 30.3 Å². The number of nitro benzene ring substituents is 1. The van der Waals surface area contributed by atoms with Crippen LogP contribution in [0.5, 0.6) is 5.75 Å². The highest BCUT2D eigenvalue weighted by molar-refractivity contribution is 6.06. The number of fused-ring (bicyclic) bond motifs is 1. The fourth-order valence-electron chi connectivity index (χ4n) is 2.46. The number of H-pyrrole nitrogens is 1. The number of rotatable bonds is 4. The first-order valence-corrected chi connectivity index (χ1v) is 7.45. The van der Waals surface area contributed by atoms with E-state index in [2.05, 4.69) is 10.3 Å². The average molecular weight is 369 g/mol. The minimum absolute atomic E-state index is 0.0704. The minimum atomic E-state index is -1.34. The van der Waals surface area contributed by atoms with Crippen molar-refractivity contribution in [1.82, 2.24) is 4.98 Å². The van der Waals surface area contributed by atoms with E-state index in [-0.39, 0.29) is 27.9 Å². The van der Waals surface area contributed by atoms with Crippen LogP contribution in [0.2, 0.25) is 0 Å². The Balaban J connectivity index is 1.96. The number of benzene rings is 2. The number of non-ortho nitro benzene ring substituents is 1. The molecule has 0 saturated carbocycles. The van der Waals surface area contributed by atoms with Crippen molar-refractivity contribution in [2.24, 2.45) is 0 Å². The van der Waals surface area contributed by atoms with E-state index in [1.807, 2.05) is 0 Å². The number of aromatic hydroxyl groups is 1. The molecule has 0 aliphatic rings. The highest BCUT2D eigenvalue weighted by atomic mass is 16.6. The molecule has 0 fully saturated rings. The molecule has 10 nitrogen and oxygen atoms in total. The Morgan fingerprint density at radius 3 is 2.44 bits per heavy atom. The van der Waals surface area contributed by atoms with Crippen LogP contribution >= 0.6 is 0 Å². The molecule has 0 aliphatic carbocycles. The van der Waals surface area contributed by atoms with Gasteiger partial charge in [-0.25, -0.2) is 4.79 Å². The van der Waals surface area contributed by atoms with Crippen LogP contribution in [0.3, 0.4) is 0 Å². The Hall–Kier alpha value is -4.21. The molecular formula is C17H11N3O7. The molecule has 0 atom stereocenters. The quantitative estimate of drug-likeness (QED) is 0.404. The van der Waals surface area contributed by atoms with Crippen molar-refractivity contribution in [3.8, 4) is 5.75 Å². The molecule has 136 valence electrons. The molecular weight excluding hydrogens is 358 g/mol. The molecule has 1 aromatic heterocycles. The number of carboxylic acid groups (broad SMARTS) is 1. The average Bonchev–Trinajstić information content (AvgIpc) is 2.60. The van der Waals surface area contributed by atoms with Crippen LogP contribution in [-0.4, -0.2) is 32.0 Å². The zero-order valence-corrected chi connectivity index (χ0v) is 13.4. The Morgan fingerprint density at radius 2 is 1.81 bits per heavy atom. The largest absolute Gasteiger partial charge is 0.507 e. The van der Waals surface area contributed by atoms with Gasteiger partial charge in [-0.3, -0.25) is 19.7 Å². The van der Waals surface area contributed by atoms with Crippen molar-refractivity contribution >= 4 is 34.2 Å². The zero-order chi connectivity index (χ0) is 19.7. The van der Waals surface area contributed by atoms with Gasteiger partial charge in [0.25, 0.3) is 17.2 Å². The van der Waals surface area contributed by atoms with Crippen molar-refractivity contribution in [2.75, 3.05) is 5.32 Å². The van der Waals surface area contributed by atoms with E-state index in [9.17, 15) is 29.6 Å². The predicted molar refractivity (Wildman–Crippen MR) is 94.2 cm³/mol. The van der Waals surface area contributed by atoms with E-state index < -0.39 is 28.1 Å². The fourth-order valence-corrected chi connectivity index (χ4v) is 2.46. The number of pyridine rings is 1. The van der Waals surface area contributed by atoms with Crippen molar-refractivity contribution in [2.45, 2.75) is 0 Å². The number of aromatic carboxylic acids is 1. The Morgan fingerprint density at radius 1 is 1.07 bits per heavy atom. The molecule has 1 heterocycles. The first-order valence-electron chi connectivity index (χ1n) is 7.45. The molecule has 1 amide bonds. The van der Waals surface area contributed by atoms with Gasteiger partial charge in [-0.05, 0) is 24.3 Å². The van der Waals surface area contributed by atoms with Crippen LogP contribution in [0.4, 0.5) is 11.4 Å². The number of hydrogen-bond acceptors (Lipinski definition) is 6. The third-order valence-corrected chi connectivity index (χ3v) is 3.77. The normalized spacial score (nSPS) is 10.5. The number of carbonyl (C=O) groups is 2. The molecule has 3 rings (SSSR count). The number of amides is 1. The third-order valence-electron chi connectivity index (χ3n) is 3.77. The van der Waals surface area contributed by atoms with Gasteiger partial charge in [-0.2, -0.15) is 0 Å². The summed E-state index contributed by atoms with van der Waals surface area (Å²) in [6.45, 7) is 0. The Kier molecular flexibility index (Phi) is 4.30. The lowest BCUT2D eigenvalue weighted by molar-refractivity contribution is -0.384. The molecule has 0 bridgehead atoms. The lowest BCUT2D eigenvalue weighted by atomic mass is 10.1. The second-order valence-corrected chi connectivity index (χ2v) is 5.53.